The van der Waals surface area contributed by atoms with Crippen LogP contribution in [0.1, 0.15) is 20.8 Å². The summed E-state index contributed by atoms with van der Waals surface area (Å²) in [5.41, 5.74) is 0. The second kappa shape index (κ2) is 82.1. The average molecular weight is 238 g/mol. The molecule has 0 saturated heterocycles. The molecule has 0 saturated carbocycles. The maximum absolute atomic E-state index is 7.32. The van der Waals surface area contributed by atoms with Crippen LogP contribution in [-0.4, -0.2) is 25.8 Å². The number of hydrogen-bond donors (Lipinski definition) is 0. The van der Waals surface area contributed by atoms with Gasteiger partial charge in [0, 0.05) is 46.6 Å². The first-order valence-corrected chi connectivity index (χ1v) is 2.17. The van der Waals surface area contributed by atoms with Crippen molar-refractivity contribution in [3.63, 3.8) is 0 Å². The van der Waals surface area contributed by atoms with Gasteiger partial charge < -0.3 is 0 Å². The van der Waals surface area contributed by atoms with Crippen molar-refractivity contribution in [2.24, 2.45) is 0 Å². The van der Waals surface area contributed by atoms with Crippen molar-refractivity contribution in [2.75, 3.05) is 0 Å². The molecular weight excluding hydrogens is 229 g/mol. The summed E-state index contributed by atoms with van der Waals surface area (Å²) in [5, 5.41) is 22.0. The van der Waals surface area contributed by atoms with Gasteiger partial charge in [0.2, 0.25) is 0 Å². The number of nitriles is 3. The Balaban J connectivity index is -0.0000000257. The fraction of sp³-hybridized carbons (Fsp3) is 0.500. The van der Waals surface area contributed by atoms with E-state index in [9.17, 15) is 0 Å². The normalized spacial score (nSPS) is 2.40. The van der Waals surface area contributed by atoms with Gasteiger partial charge in [0.05, 0.1) is 18.2 Å². The van der Waals surface area contributed by atoms with E-state index in [2.05, 4.69) is 0 Å². The predicted molar refractivity (Wildman–Crippen MR) is 39.6 cm³/mol. The number of rotatable bonds is 0. The third kappa shape index (κ3) is 678. The van der Waals surface area contributed by atoms with Gasteiger partial charge in [-0.05, 0) is 0 Å². The van der Waals surface area contributed by atoms with Crippen molar-refractivity contribution in [1.29, 1.82) is 15.8 Å². The van der Waals surface area contributed by atoms with E-state index >= 15 is 0 Å². The molecule has 0 rings (SSSR count). The minimum Gasteiger partial charge on any atom is -0.199 e. The smallest absolute Gasteiger partial charge is 0.0587 e. The first kappa shape index (κ1) is 22.8. The van der Waals surface area contributed by atoms with E-state index in [0.29, 0.717) is 0 Å². The predicted octanol–water partition coefficient (Wildman–Crippen LogP) is 1.21. The summed E-state index contributed by atoms with van der Waals surface area (Å²) in [5.74, 6) is 0. The van der Waals surface area contributed by atoms with Crippen molar-refractivity contribution in [2.45, 2.75) is 20.8 Å². The summed E-state index contributed by atoms with van der Waals surface area (Å²) < 4.78 is 0. The van der Waals surface area contributed by atoms with Gasteiger partial charge in [0.15, 0.2) is 0 Å². The maximum Gasteiger partial charge on any atom is 0.0587 e. The molecule has 3 nitrogen and oxygen atoms in total. The average Bonchev–Trinajstić information content (AvgIpc) is 1.70. The van der Waals surface area contributed by atoms with Crippen LogP contribution in [0.4, 0.5) is 0 Å². The molecule has 0 aliphatic heterocycles. The van der Waals surface area contributed by atoms with E-state index in [1.807, 2.05) is 0 Å². The van der Waals surface area contributed by atoms with Crippen LogP contribution in [0.15, 0.2) is 0 Å². The molecule has 0 amide bonds. The summed E-state index contributed by atoms with van der Waals surface area (Å²) in [6.07, 6.45) is 0. The molecule has 3 radical (unpaired) electrons. The molecule has 0 unspecified atom stereocenters. The van der Waals surface area contributed by atoms with Gasteiger partial charge in [-0.2, -0.15) is 15.8 Å². The van der Waals surface area contributed by atoms with Gasteiger partial charge in [-0.1, -0.05) is 0 Å². The van der Waals surface area contributed by atoms with E-state index in [1.54, 1.807) is 18.2 Å². The molecule has 10 heavy (non-hydrogen) atoms. The summed E-state index contributed by atoms with van der Waals surface area (Å²) >= 11 is 0. The van der Waals surface area contributed by atoms with Gasteiger partial charge in [-0.25, -0.2) is 0 Å². The molecule has 51 valence electrons. The molecule has 0 heterocycles. The van der Waals surface area contributed by atoms with E-state index in [-0.39, 0.29) is 25.8 Å². The van der Waals surface area contributed by atoms with Gasteiger partial charge >= 0.3 is 0 Å². The van der Waals surface area contributed by atoms with Gasteiger partial charge in [0.25, 0.3) is 0 Å². The standard InChI is InChI=1S/3C2H3N.In/c3*1-2-3;/h3*1H3;. The minimum absolute atomic E-state index is 0. The summed E-state index contributed by atoms with van der Waals surface area (Å²) in [4.78, 5) is 0. The van der Waals surface area contributed by atoms with Crippen LogP contribution in [-0.2, 0) is 0 Å². The van der Waals surface area contributed by atoms with E-state index in [4.69, 9.17) is 15.8 Å². The molecule has 0 atom stereocenters. The molecule has 0 aliphatic rings. The largest absolute Gasteiger partial charge is 0.199 e. The molecule has 4 heteroatoms. The molecular formula is C6H9InN3. The van der Waals surface area contributed by atoms with E-state index < -0.39 is 0 Å². The monoisotopic (exact) mass is 238 g/mol. The fourth-order valence-electron chi connectivity index (χ4n) is 0. The number of nitrogens with zero attached hydrogens (tertiary/aromatic N) is 3. The van der Waals surface area contributed by atoms with E-state index in [1.165, 1.54) is 20.8 Å². The minimum atomic E-state index is 0. The van der Waals surface area contributed by atoms with Crippen LogP contribution in [0.5, 0.6) is 0 Å². The molecule has 0 aromatic rings. The van der Waals surface area contributed by atoms with Crippen molar-refractivity contribution >= 4 is 25.8 Å². The fourth-order valence-corrected chi connectivity index (χ4v) is 0. The molecule has 0 N–H and O–H groups in total. The van der Waals surface area contributed by atoms with Crippen LogP contribution >= 0.6 is 0 Å². The Bertz CT molecular complexity index is 106. The van der Waals surface area contributed by atoms with Crippen LogP contribution in [0.2, 0.25) is 0 Å². The molecule has 0 bridgehead atoms. The van der Waals surface area contributed by atoms with Crippen LogP contribution < -0.4 is 0 Å². The Hall–Kier alpha value is -0.660. The second-order valence-corrected chi connectivity index (χ2v) is 0.671. The molecule has 0 aromatic carbocycles. The SMILES string of the molecule is CC#N.CC#N.CC#N.[In]. The zero-order chi connectivity index (χ0) is 8.12. The van der Waals surface area contributed by atoms with Crippen molar-refractivity contribution < 1.29 is 0 Å². The Morgan fingerprint density at radius 1 is 0.700 bits per heavy atom. The second-order valence-electron chi connectivity index (χ2n) is 0.671. The van der Waals surface area contributed by atoms with Gasteiger partial charge in [-0.3, -0.25) is 0 Å². The number of hydrogen-bond acceptors (Lipinski definition) is 3. The quantitative estimate of drug-likeness (QED) is 0.636. The van der Waals surface area contributed by atoms with E-state index in [0.717, 1.165) is 0 Å². The van der Waals surface area contributed by atoms with Crippen molar-refractivity contribution in [3.8, 4) is 18.2 Å². The zero-order valence-electron chi connectivity index (χ0n) is 6.42. The first-order valence-electron chi connectivity index (χ1n) is 2.17. The van der Waals surface area contributed by atoms with Crippen molar-refractivity contribution in [1.82, 2.24) is 0 Å². The van der Waals surface area contributed by atoms with Crippen LogP contribution in [0.25, 0.3) is 0 Å². The molecule has 0 aliphatic carbocycles. The summed E-state index contributed by atoms with van der Waals surface area (Å²) in [7, 11) is 0. The summed E-state index contributed by atoms with van der Waals surface area (Å²) in [6, 6.07) is 5.25. The Kier molecular flexibility index (Phi) is 187. The topological polar surface area (TPSA) is 71.4 Å². The van der Waals surface area contributed by atoms with Crippen LogP contribution in [0, 0.1) is 34.0 Å². The molecule has 0 spiro atoms. The van der Waals surface area contributed by atoms with Gasteiger partial charge in [0.1, 0.15) is 0 Å². The third-order valence-corrected chi connectivity index (χ3v) is 0. The first-order chi connectivity index (χ1) is 4.24. The van der Waals surface area contributed by atoms with Gasteiger partial charge in [-0.15, -0.1) is 0 Å². The zero-order valence-corrected chi connectivity index (χ0v) is 9.71. The van der Waals surface area contributed by atoms with Crippen LogP contribution in [0.3, 0.4) is 0 Å². The Labute approximate surface area is 80.7 Å². The Morgan fingerprint density at radius 3 is 0.700 bits per heavy atom. The molecule has 0 aromatic heterocycles. The molecule has 0 fully saturated rings. The third-order valence-electron chi connectivity index (χ3n) is 0. The Morgan fingerprint density at radius 2 is 0.700 bits per heavy atom. The summed E-state index contributed by atoms with van der Waals surface area (Å²) in [6.45, 7) is 4.29. The maximum atomic E-state index is 7.32. The van der Waals surface area contributed by atoms with Crippen molar-refractivity contribution in [3.05, 3.63) is 0 Å².